The summed E-state index contributed by atoms with van der Waals surface area (Å²) < 4.78 is 0. The van der Waals surface area contributed by atoms with E-state index in [1.54, 1.807) is 0 Å². The second kappa shape index (κ2) is 8.99. The number of aryl methyl sites for hydroxylation is 3. The Hall–Kier alpha value is -2.88. The molecule has 134 valence electrons. The highest BCUT2D eigenvalue weighted by Gasteiger charge is 2.02. The maximum Gasteiger partial charge on any atom is 0.132 e. The minimum atomic E-state index is 0.754. The molecular weight excluding hydrogens is 320 g/mol. The molecule has 0 aliphatic heterocycles. The first-order valence-corrected chi connectivity index (χ1v) is 9.12. The minimum Gasteiger partial charge on any atom is -0.370 e. The molecule has 0 aliphatic carbocycles. The highest BCUT2D eigenvalue weighted by atomic mass is 15.1. The van der Waals surface area contributed by atoms with Gasteiger partial charge in [-0.25, -0.2) is 9.97 Å². The summed E-state index contributed by atoms with van der Waals surface area (Å²) in [5.74, 6) is 2.49. The molecular formula is C22H26N4. The highest BCUT2D eigenvalue weighted by Crippen LogP contribution is 2.13. The summed E-state index contributed by atoms with van der Waals surface area (Å²) in [6.07, 6.45) is 2.13. The van der Waals surface area contributed by atoms with E-state index in [1.807, 2.05) is 13.0 Å². The molecule has 0 saturated heterocycles. The zero-order valence-electron chi connectivity index (χ0n) is 15.5. The second-order valence-electron chi connectivity index (χ2n) is 6.54. The van der Waals surface area contributed by atoms with Gasteiger partial charge >= 0.3 is 0 Å². The third kappa shape index (κ3) is 5.59. The van der Waals surface area contributed by atoms with Crippen molar-refractivity contribution in [2.24, 2.45) is 0 Å². The number of anilines is 2. The Kier molecular flexibility index (Phi) is 6.20. The Morgan fingerprint density at radius 1 is 0.769 bits per heavy atom. The molecule has 2 N–H and O–H groups in total. The van der Waals surface area contributed by atoms with E-state index in [1.165, 1.54) is 16.7 Å². The maximum atomic E-state index is 4.48. The van der Waals surface area contributed by atoms with Crippen LogP contribution in [0.15, 0.2) is 60.7 Å². The summed E-state index contributed by atoms with van der Waals surface area (Å²) in [5, 5.41) is 6.80. The Labute approximate surface area is 155 Å². The van der Waals surface area contributed by atoms with Gasteiger partial charge in [-0.3, -0.25) is 0 Å². The molecule has 4 heteroatoms. The molecule has 1 heterocycles. The quantitative estimate of drug-likeness (QED) is 0.578. The van der Waals surface area contributed by atoms with Gasteiger partial charge in [0.1, 0.15) is 17.5 Å². The zero-order valence-corrected chi connectivity index (χ0v) is 15.5. The van der Waals surface area contributed by atoms with Crippen molar-refractivity contribution in [1.82, 2.24) is 9.97 Å². The van der Waals surface area contributed by atoms with E-state index in [0.29, 0.717) is 0 Å². The fourth-order valence-corrected chi connectivity index (χ4v) is 2.80. The van der Waals surface area contributed by atoms with Crippen LogP contribution in [0, 0.1) is 13.8 Å². The Balaban J connectivity index is 1.51. The molecule has 3 aromatic rings. The lowest BCUT2D eigenvalue weighted by Gasteiger charge is -2.10. The molecule has 0 amide bonds. The van der Waals surface area contributed by atoms with Crippen LogP contribution in [0.5, 0.6) is 0 Å². The van der Waals surface area contributed by atoms with Crippen molar-refractivity contribution in [3.05, 3.63) is 83.2 Å². The van der Waals surface area contributed by atoms with Gasteiger partial charge in [0.25, 0.3) is 0 Å². The zero-order chi connectivity index (χ0) is 18.2. The van der Waals surface area contributed by atoms with Gasteiger partial charge in [0.15, 0.2) is 0 Å². The van der Waals surface area contributed by atoms with Crippen LogP contribution in [-0.2, 0) is 13.0 Å². The van der Waals surface area contributed by atoms with E-state index in [-0.39, 0.29) is 0 Å². The van der Waals surface area contributed by atoms with Crippen LogP contribution in [0.2, 0.25) is 0 Å². The summed E-state index contributed by atoms with van der Waals surface area (Å²) in [4.78, 5) is 8.96. The normalized spacial score (nSPS) is 10.5. The molecule has 0 radical (unpaired) electrons. The van der Waals surface area contributed by atoms with Crippen LogP contribution in [0.1, 0.15) is 28.9 Å². The molecule has 4 nitrogen and oxygen atoms in total. The van der Waals surface area contributed by atoms with Crippen LogP contribution in [0.3, 0.4) is 0 Å². The summed E-state index contributed by atoms with van der Waals surface area (Å²) in [5.41, 5.74) is 3.88. The number of aromatic nitrogens is 2. The first-order valence-electron chi connectivity index (χ1n) is 9.12. The summed E-state index contributed by atoms with van der Waals surface area (Å²) >= 11 is 0. The number of benzene rings is 2. The molecule has 2 aromatic carbocycles. The van der Waals surface area contributed by atoms with Gasteiger partial charge in [-0.05, 0) is 37.8 Å². The lowest BCUT2D eigenvalue weighted by molar-refractivity contribution is 0.856. The van der Waals surface area contributed by atoms with Gasteiger partial charge < -0.3 is 10.6 Å². The van der Waals surface area contributed by atoms with Crippen molar-refractivity contribution in [3.63, 3.8) is 0 Å². The third-order valence-electron chi connectivity index (χ3n) is 4.22. The van der Waals surface area contributed by atoms with E-state index in [4.69, 9.17) is 0 Å². The second-order valence-corrected chi connectivity index (χ2v) is 6.54. The predicted octanol–water partition coefficient (Wildman–Crippen LogP) is 4.75. The fourth-order valence-electron chi connectivity index (χ4n) is 2.80. The Morgan fingerprint density at radius 3 is 2.19 bits per heavy atom. The van der Waals surface area contributed by atoms with Crippen LogP contribution >= 0.6 is 0 Å². The number of nitrogens with one attached hydrogen (secondary N) is 2. The van der Waals surface area contributed by atoms with Crippen molar-refractivity contribution in [1.29, 1.82) is 0 Å². The average molecular weight is 346 g/mol. The molecule has 0 saturated carbocycles. The van der Waals surface area contributed by atoms with Crippen LogP contribution in [0.4, 0.5) is 11.6 Å². The lowest BCUT2D eigenvalue weighted by Crippen LogP contribution is -2.08. The average Bonchev–Trinajstić information content (AvgIpc) is 2.65. The molecule has 0 spiro atoms. The van der Waals surface area contributed by atoms with Crippen molar-refractivity contribution < 1.29 is 0 Å². The number of nitrogens with zero attached hydrogens (tertiary/aromatic N) is 2. The largest absolute Gasteiger partial charge is 0.370 e. The molecule has 26 heavy (non-hydrogen) atoms. The fraction of sp³-hybridized carbons (Fsp3) is 0.273. The lowest BCUT2D eigenvalue weighted by atomic mass is 10.1. The van der Waals surface area contributed by atoms with Crippen LogP contribution < -0.4 is 10.6 Å². The maximum absolute atomic E-state index is 4.48. The molecule has 0 aliphatic rings. The first kappa shape index (κ1) is 17.9. The predicted molar refractivity (Wildman–Crippen MR) is 109 cm³/mol. The number of hydrogen-bond acceptors (Lipinski definition) is 4. The standard InChI is InChI=1S/C22H26N4/c1-17-10-12-20(13-11-17)16-24-22-15-21(25-18(2)26-22)23-14-6-9-19-7-4-3-5-8-19/h3-5,7-8,10-13,15H,6,9,14,16H2,1-2H3,(H2,23,24,25,26). The molecule has 3 rings (SSSR count). The molecule has 0 fully saturated rings. The Morgan fingerprint density at radius 2 is 1.46 bits per heavy atom. The van der Waals surface area contributed by atoms with E-state index in [0.717, 1.165) is 43.4 Å². The van der Waals surface area contributed by atoms with Crippen molar-refractivity contribution in [2.75, 3.05) is 17.2 Å². The number of hydrogen-bond donors (Lipinski definition) is 2. The molecule has 0 bridgehead atoms. The summed E-state index contributed by atoms with van der Waals surface area (Å²) in [6, 6.07) is 21.1. The molecule has 0 unspecified atom stereocenters. The van der Waals surface area contributed by atoms with E-state index >= 15 is 0 Å². The van der Waals surface area contributed by atoms with Gasteiger partial charge in [0.2, 0.25) is 0 Å². The minimum absolute atomic E-state index is 0.754. The summed E-state index contributed by atoms with van der Waals surface area (Å²) in [6.45, 7) is 5.67. The third-order valence-corrected chi connectivity index (χ3v) is 4.22. The summed E-state index contributed by atoms with van der Waals surface area (Å²) in [7, 11) is 0. The number of rotatable bonds is 8. The van der Waals surface area contributed by atoms with Gasteiger partial charge in [-0.15, -0.1) is 0 Å². The Bertz CT molecular complexity index is 813. The van der Waals surface area contributed by atoms with Gasteiger partial charge in [0, 0.05) is 19.2 Å². The smallest absolute Gasteiger partial charge is 0.132 e. The van der Waals surface area contributed by atoms with Gasteiger partial charge in [0.05, 0.1) is 0 Å². The van der Waals surface area contributed by atoms with Crippen molar-refractivity contribution in [3.8, 4) is 0 Å². The van der Waals surface area contributed by atoms with Crippen molar-refractivity contribution in [2.45, 2.75) is 33.2 Å². The van der Waals surface area contributed by atoms with Crippen molar-refractivity contribution >= 4 is 11.6 Å². The topological polar surface area (TPSA) is 49.8 Å². The SMILES string of the molecule is Cc1ccc(CNc2cc(NCCCc3ccccc3)nc(C)n2)cc1. The first-order chi connectivity index (χ1) is 12.7. The molecule has 0 atom stereocenters. The monoisotopic (exact) mass is 346 g/mol. The van der Waals surface area contributed by atoms with E-state index in [9.17, 15) is 0 Å². The molecule has 1 aromatic heterocycles. The van der Waals surface area contributed by atoms with Crippen LogP contribution in [-0.4, -0.2) is 16.5 Å². The highest BCUT2D eigenvalue weighted by molar-refractivity contribution is 5.47. The van der Waals surface area contributed by atoms with Gasteiger partial charge in [-0.2, -0.15) is 0 Å². The van der Waals surface area contributed by atoms with E-state index < -0.39 is 0 Å². The van der Waals surface area contributed by atoms with Gasteiger partial charge in [-0.1, -0.05) is 60.2 Å². The van der Waals surface area contributed by atoms with Crippen LogP contribution in [0.25, 0.3) is 0 Å². The van der Waals surface area contributed by atoms with E-state index in [2.05, 4.69) is 82.1 Å².